The molecule has 0 saturated carbocycles. The molecule has 22 heavy (non-hydrogen) atoms. The van der Waals surface area contributed by atoms with E-state index in [1.54, 1.807) is 6.07 Å². The Balaban J connectivity index is 1.84. The molecular weight excluding hydrogens is 304 g/mol. The summed E-state index contributed by atoms with van der Waals surface area (Å²) in [5.74, 6) is 1.05. The first-order chi connectivity index (χ1) is 10.4. The number of nitrogens with zero attached hydrogens (tertiary/aromatic N) is 4. The third-order valence-corrected chi connectivity index (χ3v) is 4.98. The molecule has 1 saturated heterocycles. The molecule has 3 heterocycles. The molecule has 0 radical (unpaired) electrons. The topological polar surface area (TPSA) is 114 Å². The molecule has 0 aromatic carbocycles. The van der Waals surface area contributed by atoms with Crippen molar-refractivity contribution in [2.75, 3.05) is 30.4 Å². The average molecular weight is 322 g/mol. The van der Waals surface area contributed by atoms with Crippen molar-refractivity contribution < 1.29 is 8.42 Å². The monoisotopic (exact) mass is 322 g/mol. The van der Waals surface area contributed by atoms with Gasteiger partial charge >= 0.3 is 0 Å². The van der Waals surface area contributed by atoms with Crippen LogP contribution in [0.2, 0.25) is 0 Å². The average Bonchev–Trinajstić information content (AvgIpc) is 2.46. The van der Waals surface area contributed by atoms with E-state index in [0.29, 0.717) is 30.4 Å². The second-order valence-electron chi connectivity index (χ2n) is 5.43. The minimum atomic E-state index is -3.17. The Hall–Kier alpha value is -2.00. The Morgan fingerprint density at radius 1 is 1.36 bits per heavy atom. The fourth-order valence-corrected chi connectivity index (χ4v) is 3.54. The number of aromatic nitrogens is 3. The number of fused-ring (bicyclic) bond motifs is 1. The third-order valence-electron chi connectivity index (χ3n) is 3.71. The molecule has 9 heteroatoms. The summed E-state index contributed by atoms with van der Waals surface area (Å²) in [5, 5.41) is 4.08. The Morgan fingerprint density at radius 3 is 2.95 bits per heavy atom. The van der Waals surface area contributed by atoms with E-state index in [4.69, 9.17) is 5.73 Å². The van der Waals surface area contributed by atoms with E-state index in [0.717, 1.165) is 18.2 Å². The minimum Gasteiger partial charge on any atom is -0.384 e. The van der Waals surface area contributed by atoms with Gasteiger partial charge < -0.3 is 11.1 Å². The number of nitrogens with two attached hydrogens (primary N) is 1. The second kappa shape index (κ2) is 5.65. The van der Waals surface area contributed by atoms with E-state index < -0.39 is 10.0 Å². The number of nitrogen functional groups attached to an aromatic ring is 1. The molecule has 0 aliphatic carbocycles. The van der Waals surface area contributed by atoms with Crippen LogP contribution >= 0.6 is 0 Å². The van der Waals surface area contributed by atoms with Crippen molar-refractivity contribution in [2.24, 2.45) is 0 Å². The molecule has 0 bridgehead atoms. The first-order valence-corrected chi connectivity index (χ1v) is 8.87. The van der Waals surface area contributed by atoms with Gasteiger partial charge in [0, 0.05) is 19.1 Å². The fraction of sp³-hybridized carbons (Fsp3) is 0.462. The van der Waals surface area contributed by atoms with Gasteiger partial charge in [0.2, 0.25) is 10.0 Å². The highest BCUT2D eigenvalue weighted by molar-refractivity contribution is 7.88. The van der Waals surface area contributed by atoms with Crippen molar-refractivity contribution >= 4 is 32.7 Å². The molecule has 3 rings (SSSR count). The quantitative estimate of drug-likeness (QED) is 0.842. The number of anilines is 2. The summed E-state index contributed by atoms with van der Waals surface area (Å²) in [6.07, 6.45) is 4.37. The summed E-state index contributed by atoms with van der Waals surface area (Å²) in [6.45, 7) is 1.01. The molecule has 8 nitrogen and oxygen atoms in total. The molecule has 1 aliphatic rings. The van der Waals surface area contributed by atoms with E-state index in [1.165, 1.54) is 16.9 Å². The summed E-state index contributed by atoms with van der Waals surface area (Å²) in [7, 11) is -3.17. The maximum Gasteiger partial charge on any atom is 0.211 e. The predicted molar refractivity (Wildman–Crippen MR) is 84.8 cm³/mol. The number of nitrogens with one attached hydrogen (secondary N) is 1. The van der Waals surface area contributed by atoms with Crippen LogP contribution in [0.15, 0.2) is 18.5 Å². The maximum absolute atomic E-state index is 11.7. The van der Waals surface area contributed by atoms with E-state index >= 15 is 0 Å². The summed E-state index contributed by atoms with van der Waals surface area (Å²) in [4.78, 5) is 12.5. The first-order valence-electron chi connectivity index (χ1n) is 7.02. The summed E-state index contributed by atoms with van der Waals surface area (Å²) < 4.78 is 24.9. The van der Waals surface area contributed by atoms with Crippen molar-refractivity contribution in [1.82, 2.24) is 19.3 Å². The number of rotatable bonds is 3. The first kappa shape index (κ1) is 14.9. The van der Waals surface area contributed by atoms with E-state index in [-0.39, 0.29) is 6.04 Å². The summed E-state index contributed by atoms with van der Waals surface area (Å²) in [5.41, 5.74) is 6.18. The van der Waals surface area contributed by atoms with Crippen LogP contribution < -0.4 is 11.1 Å². The number of sulfonamides is 1. The van der Waals surface area contributed by atoms with Gasteiger partial charge in [-0.25, -0.2) is 27.7 Å². The number of hydrogen-bond donors (Lipinski definition) is 2. The van der Waals surface area contributed by atoms with Crippen LogP contribution in [0.5, 0.6) is 0 Å². The van der Waals surface area contributed by atoms with Crippen LogP contribution in [0, 0.1) is 0 Å². The van der Waals surface area contributed by atoms with Crippen LogP contribution in [0.3, 0.4) is 0 Å². The highest BCUT2D eigenvalue weighted by atomic mass is 32.2. The normalized spacial score (nSPS) is 20.1. The van der Waals surface area contributed by atoms with Gasteiger partial charge in [0.1, 0.15) is 18.0 Å². The smallest absolute Gasteiger partial charge is 0.211 e. The highest BCUT2D eigenvalue weighted by Gasteiger charge is 2.26. The molecule has 0 spiro atoms. The zero-order valence-corrected chi connectivity index (χ0v) is 13.0. The Labute approximate surface area is 128 Å². The molecule has 1 aliphatic heterocycles. The lowest BCUT2D eigenvalue weighted by Gasteiger charge is -2.31. The van der Waals surface area contributed by atoms with Crippen LogP contribution in [-0.4, -0.2) is 53.1 Å². The van der Waals surface area contributed by atoms with E-state index in [2.05, 4.69) is 20.3 Å². The number of pyridine rings is 1. The molecule has 1 unspecified atom stereocenters. The fourth-order valence-electron chi connectivity index (χ4n) is 2.63. The third kappa shape index (κ3) is 3.09. The SMILES string of the molecule is CS(=O)(=O)N1CCCC(Nc2ncnc3nc(N)ccc23)C1. The molecular formula is C13H18N6O2S. The van der Waals surface area contributed by atoms with Gasteiger partial charge in [0.25, 0.3) is 0 Å². The molecule has 2 aromatic rings. The summed E-state index contributed by atoms with van der Waals surface area (Å²) >= 11 is 0. The molecule has 1 fully saturated rings. The zero-order chi connectivity index (χ0) is 15.7. The number of hydrogen-bond acceptors (Lipinski definition) is 7. The Bertz CT molecular complexity index is 794. The standard InChI is InChI=1S/C13H18N6O2S/c1-22(20,21)19-6-2-3-9(7-19)17-12-10-4-5-11(14)18-13(10)16-8-15-12/h4-5,8-9H,2-3,6-7H2,1H3,(H3,14,15,16,17,18). The van der Waals surface area contributed by atoms with E-state index in [9.17, 15) is 8.42 Å². The maximum atomic E-state index is 11.7. The lowest BCUT2D eigenvalue weighted by molar-refractivity contribution is 0.329. The van der Waals surface area contributed by atoms with Crippen molar-refractivity contribution in [3.63, 3.8) is 0 Å². The predicted octanol–water partition coefficient (Wildman–Crippen LogP) is 0.443. The molecule has 118 valence electrons. The number of piperidine rings is 1. The van der Waals surface area contributed by atoms with Crippen molar-refractivity contribution in [1.29, 1.82) is 0 Å². The zero-order valence-electron chi connectivity index (χ0n) is 12.2. The molecule has 2 aromatic heterocycles. The van der Waals surface area contributed by atoms with Gasteiger partial charge in [0.15, 0.2) is 5.65 Å². The van der Waals surface area contributed by atoms with Gasteiger partial charge in [-0.2, -0.15) is 0 Å². The van der Waals surface area contributed by atoms with Crippen molar-refractivity contribution in [3.8, 4) is 0 Å². The Kier molecular flexibility index (Phi) is 3.83. The largest absolute Gasteiger partial charge is 0.384 e. The summed E-state index contributed by atoms with van der Waals surface area (Å²) in [6, 6.07) is 3.52. The van der Waals surface area contributed by atoms with Crippen LogP contribution in [0.1, 0.15) is 12.8 Å². The second-order valence-corrected chi connectivity index (χ2v) is 7.42. The van der Waals surface area contributed by atoms with Gasteiger partial charge in [-0.05, 0) is 25.0 Å². The molecule has 1 atom stereocenters. The van der Waals surface area contributed by atoms with Gasteiger partial charge in [0.05, 0.1) is 11.6 Å². The lowest BCUT2D eigenvalue weighted by atomic mass is 10.1. The van der Waals surface area contributed by atoms with Gasteiger partial charge in [-0.15, -0.1) is 0 Å². The van der Waals surface area contributed by atoms with Gasteiger partial charge in [-0.1, -0.05) is 0 Å². The van der Waals surface area contributed by atoms with Crippen molar-refractivity contribution in [3.05, 3.63) is 18.5 Å². The van der Waals surface area contributed by atoms with Crippen LogP contribution in [0.25, 0.3) is 11.0 Å². The lowest BCUT2D eigenvalue weighted by Crippen LogP contribution is -2.44. The highest BCUT2D eigenvalue weighted by Crippen LogP contribution is 2.22. The van der Waals surface area contributed by atoms with Gasteiger partial charge in [-0.3, -0.25) is 0 Å². The molecule has 3 N–H and O–H groups in total. The van der Waals surface area contributed by atoms with Crippen molar-refractivity contribution in [2.45, 2.75) is 18.9 Å². The van der Waals surface area contributed by atoms with Crippen LogP contribution in [-0.2, 0) is 10.0 Å². The van der Waals surface area contributed by atoms with E-state index in [1.807, 2.05) is 6.07 Å². The Morgan fingerprint density at radius 2 is 2.18 bits per heavy atom. The molecule has 0 amide bonds. The van der Waals surface area contributed by atoms with Crippen LogP contribution in [0.4, 0.5) is 11.6 Å². The minimum absolute atomic E-state index is 0.0131.